The Bertz CT molecular complexity index is 344. The van der Waals surface area contributed by atoms with Gasteiger partial charge < -0.3 is 0 Å². The van der Waals surface area contributed by atoms with Gasteiger partial charge in [-0.2, -0.15) is 0 Å². The lowest BCUT2D eigenvalue weighted by Crippen LogP contribution is -2.22. The summed E-state index contributed by atoms with van der Waals surface area (Å²) in [5, 5.41) is 13.7. The van der Waals surface area contributed by atoms with Gasteiger partial charge in [0.2, 0.25) is 5.29 Å². The Hall–Kier alpha value is -1.16. The lowest BCUT2D eigenvalue weighted by molar-refractivity contribution is 0.613. The van der Waals surface area contributed by atoms with Gasteiger partial charge >= 0.3 is 0 Å². The second-order valence-electron chi connectivity index (χ2n) is 1.89. The molecule has 0 aliphatic heterocycles. The van der Waals surface area contributed by atoms with Gasteiger partial charge in [-0.1, -0.05) is 0 Å². The predicted molar refractivity (Wildman–Crippen MR) is 39.2 cm³/mol. The third-order valence-corrected chi connectivity index (χ3v) is 1.31. The first kappa shape index (κ1) is 7.94. The fraction of sp³-hybridized carbons (Fsp3) is 0. The van der Waals surface area contributed by atoms with Crippen LogP contribution in [0, 0.1) is 16.6 Å². The molecule has 58 valence electrons. The maximum absolute atomic E-state index is 12.4. The third kappa shape index (κ3) is 1.65. The van der Waals surface area contributed by atoms with Gasteiger partial charge in [0, 0.05) is 6.20 Å². The van der Waals surface area contributed by atoms with Gasteiger partial charge in [-0.15, -0.1) is 0 Å². The van der Waals surface area contributed by atoms with E-state index in [1.807, 2.05) is 0 Å². The predicted octanol–water partition coefficient (Wildman–Crippen LogP) is 1.13. The minimum absolute atomic E-state index is 0.0219. The molecule has 0 atom stereocenters. The molecule has 0 saturated carbocycles. The van der Waals surface area contributed by atoms with E-state index in [9.17, 15) is 4.39 Å². The van der Waals surface area contributed by atoms with Crippen LogP contribution in [-0.2, 0) is 0 Å². The molecule has 5 heteroatoms. The van der Waals surface area contributed by atoms with E-state index < -0.39 is 11.1 Å². The van der Waals surface area contributed by atoms with Crippen LogP contribution in [0.2, 0.25) is 0 Å². The number of nitrogens with zero attached hydrogens (tertiary/aromatic N) is 1. The average molecular weight is 174 g/mol. The van der Waals surface area contributed by atoms with Crippen molar-refractivity contribution >= 4 is 16.9 Å². The number of hydrogen-bond acceptors (Lipinski definition) is 2. The van der Waals surface area contributed by atoms with Crippen LogP contribution in [-0.4, -0.2) is 9.86 Å². The molecule has 2 N–H and O–H groups in total. The molecule has 0 fully saturated rings. The summed E-state index contributed by atoms with van der Waals surface area (Å²) in [5.41, 5.74) is -0.0219. The van der Waals surface area contributed by atoms with Crippen LogP contribution in [0.3, 0.4) is 0 Å². The molecule has 0 unspecified atom stereocenters. The van der Waals surface area contributed by atoms with Gasteiger partial charge in [-0.3, -0.25) is 15.4 Å². The van der Waals surface area contributed by atoms with Gasteiger partial charge in [-0.25, -0.2) is 4.39 Å². The second-order valence-corrected chi connectivity index (χ2v) is 2.25. The Labute approximate surface area is 67.1 Å². The molecule has 0 aliphatic carbocycles. The molecule has 0 aliphatic rings. The highest BCUT2D eigenvalue weighted by molar-refractivity contribution is 6.64. The van der Waals surface area contributed by atoms with E-state index in [4.69, 9.17) is 22.4 Å². The highest BCUT2D eigenvalue weighted by Gasteiger charge is 1.97. The molecule has 1 aromatic rings. The number of halogens is 2. The first-order valence-corrected chi connectivity index (χ1v) is 3.16. The number of pyridine rings is 1. The van der Waals surface area contributed by atoms with Crippen molar-refractivity contribution in [2.45, 2.75) is 0 Å². The maximum Gasteiger partial charge on any atom is 0.201 e. The van der Waals surface area contributed by atoms with Crippen molar-refractivity contribution in [3.8, 4) is 0 Å². The zero-order valence-corrected chi connectivity index (χ0v) is 6.19. The zero-order chi connectivity index (χ0) is 8.43. The van der Waals surface area contributed by atoms with Gasteiger partial charge in [0.05, 0.1) is 0 Å². The van der Waals surface area contributed by atoms with Gasteiger partial charge in [0.1, 0.15) is 11.3 Å². The van der Waals surface area contributed by atoms with E-state index >= 15 is 0 Å². The molecule has 0 amide bonds. The molecule has 1 rings (SSSR count). The van der Waals surface area contributed by atoms with Crippen molar-refractivity contribution in [1.29, 1.82) is 10.8 Å². The highest BCUT2D eigenvalue weighted by atomic mass is 35.5. The van der Waals surface area contributed by atoms with Crippen LogP contribution in [0.5, 0.6) is 0 Å². The smallest absolute Gasteiger partial charge is 0.201 e. The standard InChI is InChI=1S/C6H5ClFN3/c7-6(10)11-3-4(8)1-2-5(11)9/h1-3,9-10H. The van der Waals surface area contributed by atoms with Crippen molar-refractivity contribution in [1.82, 2.24) is 4.57 Å². The van der Waals surface area contributed by atoms with Crippen LogP contribution in [0.25, 0.3) is 0 Å². The number of nitrogens with one attached hydrogen (secondary N) is 2. The quantitative estimate of drug-likeness (QED) is 0.437. The minimum atomic E-state index is -0.522. The fourth-order valence-electron chi connectivity index (χ4n) is 0.637. The molecule has 0 aromatic carbocycles. The van der Waals surface area contributed by atoms with E-state index in [2.05, 4.69) is 0 Å². The average Bonchev–Trinajstić information content (AvgIpc) is 1.94. The van der Waals surface area contributed by atoms with E-state index in [1.54, 1.807) is 0 Å². The molecule has 11 heavy (non-hydrogen) atoms. The molecule has 1 heterocycles. The summed E-state index contributed by atoms with van der Waals surface area (Å²) in [7, 11) is 0. The van der Waals surface area contributed by atoms with E-state index in [1.165, 1.54) is 6.07 Å². The van der Waals surface area contributed by atoms with E-state index in [-0.39, 0.29) is 5.49 Å². The number of aromatic nitrogens is 1. The summed E-state index contributed by atoms with van der Waals surface area (Å²) in [5.74, 6) is -0.522. The number of hydrogen-bond donors (Lipinski definition) is 2. The Kier molecular flexibility index (Phi) is 2.05. The third-order valence-electron chi connectivity index (χ3n) is 1.12. The van der Waals surface area contributed by atoms with Crippen molar-refractivity contribution in [2.24, 2.45) is 0 Å². The van der Waals surface area contributed by atoms with E-state index in [0.29, 0.717) is 0 Å². The van der Waals surface area contributed by atoms with Gasteiger partial charge in [0.15, 0.2) is 0 Å². The lowest BCUT2D eigenvalue weighted by Gasteiger charge is -2.00. The minimum Gasteiger partial charge on any atom is -0.284 e. The maximum atomic E-state index is 12.4. The fourth-order valence-corrected chi connectivity index (χ4v) is 0.777. The normalized spacial score (nSPS) is 9.64. The Morgan fingerprint density at radius 2 is 2.18 bits per heavy atom. The first-order valence-electron chi connectivity index (χ1n) is 2.78. The number of rotatable bonds is 0. The first-order chi connectivity index (χ1) is 5.11. The van der Waals surface area contributed by atoms with Crippen molar-refractivity contribution in [2.75, 3.05) is 0 Å². The van der Waals surface area contributed by atoms with Crippen molar-refractivity contribution in [3.63, 3.8) is 0 Å². The van der Waals surface area contributed by atoms with Gasteiger partial charge in [-0.05, 0) is 23.7 Å². The van der Waals surface area contributed by atoms with Crippen LogP contribution in [0.4, 0.5) is 4.39 Å². The second kappa shape index (κ2) is 2.84. The van der Waals surface area contributed by atoms with Crippen LogP contribution in [0.15, 0.2) is 18.3 Å². The highest BCUT2D eigenvalue weighted by Crippen LogP contribution is 1.92. The Balaban J connectivity index is 3.35. The Morgan fingerprint density at radius 1 is 1.55 bits per heavy atom. The van der Waals surface area contributed by atoms with Crippen molar-refractivity contribution < 1.29 is 4.39 Å². The largest absolute Gasteiger partial charge is 0.284 e. The van der Waals surface area contributed by atoms with Crippen molar-refractivity contribution in [3.05, 3.63) is 29.6 Å². The molecule has 0 radical (unpaired) electrons. The summed E-state index contributed by atoms with van der Waals surface area (Å²) < 4.78 is 13.4. The zero-order valence-electron chi connectivity index (χ0n) is 5.44. The SMILES string of the molecule is N=C(Cl)n1cc(F)ccc1=N. The molecular formula is C6H5ClFN3. The molecule has 1 aromatic heterocycles. The summed E-state index contributed by atoms with van der Waals surface area (Å²) >= 11 is 5.24. The van der Waals surface area contributed by atoms with Crippen LogP contribution >= 0.6 is 11.6 Å². The summed E-state index contributed by atoms with van der Waals surface area (Å²) in [6, 6.07) is 2.37. The monoisotopic (exact) mass is 173 g/mol. The van der Waals surface area contributed by atoms with Crippen LogP contribution in [0.1, 0.15) is 0 Å². The molecule has 0 saturated heterocycles. The molecule has 0 bridgehead atoms. The van der Waals surface area contributed by atoms with Crippen LogP contribution < -0.4 is 5.49 Å². The molecular weight excluding hydrogens is 169 g/mol. The summed E-state index contributed by atoms with van der Waals surface area (Å²) in [6.07, 6.45) is 0.984. The Morgan fingerprint density at radius 3 is 2.64 bits per heavy atom. The van der Waals surface area contributed by atoms with Gasteiger partial charge in [0.25, 0.3) is 0 Å². The topological polar surface area (TPSA) is 52.6 Å². The molecule has 0 spiro atoms. The summed E-state index contributed by atoms with van der Waals surface area (Å²) in [4.78, 5) is 0. The lowest BCUT2D eigenvalue weighted by atomic mass is 10.4. The molecule has 3 nitrogen and oxygen atoms in total. The van der Waals surface area contributed by atoms with E-state index in [0.717, 1.165) is 16.8 Å². The summed E-state index contributed by atoms with van der Waals surface area (Å²) in [6.45, 7) is 0.